The maximum absolute atomic E-state index is 11.9. The van der Waals surface area contributed by atoms with Crippen LogP contribution in [0.3, 0.4) is 0 Å². The molecule has 0 bridgehead atoms. The number of hydrogen-bond acceptors (Lipinski definition) is 2. The Morgan fingerprint density at radius 1 is 1.30 bits per heavy atom. The molecule has 2 N–H and O–H groups in total. The summed E-state index contributed by atoms with van der Waals surface area (Å²) in [7, 11) is 1.65. The summed E-state index contributed by atoms with van der Waals surface area (Å²) in [6.45, 7) is 2.78. The number of benzene rings is 1. The van der Waals surface area contributed by atoms with Crippen molar-refractivity contribution in [1.29, 1.82) is 0 Å². The van der Waals surface area contributed by atoms with E-state index in [9.17, 15) is 4.79 Å². The number of carbonyl (C=O) groups excluding carboxylic acids is 1. The smallest absolute Gasteiger partial charge is 0.315 e. The minimum absolute atomic E-state index is 0.00974. The summed E-state index contributed by atoms with van der Waals surface area (Å²) in [5, 5.41) is 5.94. The SMILES string of the molecule is COc1ccc(C(C)NC(=O)NCC2CCCC2)cc1. The van der Waals surface area contributed by atoms with Gasteiger partial charge in [0, 0.05) is 6.54 Å². The molecule has 0 aliphatic heterocycles. The number of nitrogens with one attached hydrogen (secondary N) is 2. The summed E-state index contributed by atoms with van der Waals surface area (Å²) in [6.07, 6.45) is 5.09. The lowest BCUT2D eigenvalue weighted by atomic mass is 10.1. The molecule has 4 nitrogen and oxygen atoms in total. The first-order valence-corrected chi connectivity index (χ1v) is 7.37. The van der Waals surface area contributed by atoms with Crippen molar-refractivity contribution in [3.8, 4) is 5.75 Å². The molecule has 1 unspecified atom stereocenters. The van der Waals surface area contributed by atoms with Crippen LogP contribution < -0.4 is 15.4 Å². The Balaban J connectivity index is 1.77. The van der Waals surface area contributed by atoms with E-state index < -0.39 is 0 Å². The third-order valence-corrected chi connectivity index (χ3v) is 3.99. The molecule has 4 heteroatoms. The van der Waals surface area contributed by atoms with Crippen LogP contribution in [0.5, 0.6) is 5.75 Å². The van der Waals surface area contributed by atoms with Crippen molar-refractivity contribution in [2.75, 3.05) is 13.7 Å². The number of ether oxygens (including phenoxy) is 1. The van der Waals surface area contributed by atoms with E-state index in [2.05, 4.69) is 10.6 Å². The van der Waals surface area contributed by atoms with Gasteiger partial charge in [0.15, 0.2) is 0 Å². The maximum atomic E-state index is 11.9. The van der Waals surface area contributed by atoms with Crippen LogP contribution in [0.15, 0.2) is 24.3 Å². The van der Waals surface area contributed by atoms with E-state index in [-0.39, 0.29) is 12.1 Å². The number of amides is 2. The second-order valence-corrected chi connectivity index (χ2v) is 5.50. The molecule has 2 amide bonds. The van der Waals surface area contributed by atoms with Gasteiger partial charge in [-0.2, -0.15) is 0 Å². The molecule has 1 atom stereocenters. The molecule has 20 heavy (non-hydrogen) atoms. The molecule has 1 aromatic carbocycles. The Kier molecular flexibility index (Phi) is 5.27. The Morgan fingerprint density at radius 3 is 2.55 bits per heavy atom. The van der Waals surface area contributed by atoms with Crippen LogP contribution in [-0.2, 0) is 0 Å². The molecule has 110 valence electrons. The fraction of sp³-hybridized carbons (Fsp3) is 0.562. The van der Waals surface area contributed by atoms with Crippen molar-refractivity contribution in [3.63, 3.8) is 0 Å². The highest BCUT2D eigenvalue weighted by Crippen LogP contribution is 2.23. The third-order valence-electron chi connectivity index (χ3n) is 3.99. The first-order valence-electron chi connectivity index (χ1n) is 7.37. The minimum atomic E-state index is -0.0831. The lowest BCUT2D eigenvalue weighted by Crippen LogP contribution is -2.39. The fourth-order valence-corrected chi connectivity index (χ4v) is 2.68. The normalized spacial score (nSPS) is 16.7. The van der Waals surface area contributed by atoms with Gasteiger partial charge in [-0.15, -0.1) is 0 Å². The summed E-state index contributed by atoms with van der Waals surface area (Å²) in [5.41, 5.74) is 1.07. The van der Waals surface area contributed by atoms with Crippen molar-refractivity contribution < 1.29 is 9.53 Å². The largest absolute Gasteiger partial charge is 0.497 e. The van der Waals surface area contributed by atoms with Gasteiger partial charge in [0.05, 0.1) is 13.2 Å². The van der Waals surface area contributed by atoms with Gasteiger partial charge in [-0.3, -0.25) is 0 Å². The van der Waals surface area contributed by atoms with Crippen LogP contribution >= 0.6 is 0 Å². The number of carbonyl (C=O) groups is 1. The van der Waals surface area contributed by atoms with Gasteiger partial charge in [0.25, 0.3) is 0 Å². The van der Waals surface area contributed by atoms with E-state index in [1.54, 1.807) is 7.11 Å². The predicted molar refractivity (Wildman–Crippen MR) is 79.9 cm³/mol. The highest BCUT2D eigenvalue weighted by molar-refractivity contribution is 5.74. The van der Waals surface area contributed by atoms with Gasteiger partial charge in [0.2, 0.25) is 0 Å². The average molecular weight is 276 g/mol. The Labute approximate surface area is 120 Å². The number of hydrogen-bond donors (Lipinski definition) is 2. The average Bonchev–Trinajstić information content (AvgIpc) is 2.98. The maximum Gasteiger partial charge on any atom is 0.315 e. The first kappa shape index (κ1) is 14.7. The Hall–Kier alpha value is -1.71. The highest BCUT2D eigenvalue weighted by Gasteiger charge is 2.16. The second kappa shape index (κ2) is 7.17. The molecule has 2 rings (SSSR count). The number of rotatable bonds is 5. The van der Waals surface area contributed by atoms with Crippen molar-refractivity contribution in [2.24, 2.45) is 5.92 Å². The zero-order valence-electron chi connectivity index (χ0n) is 12.3. The Bertz CT molecular complexity index is 425. The van der Waals surface area contributed by atoms with Crippen molar-refractivity contribution in [1.82, 2.24) is 10.6 Å². The highest BCUT2D eigenvalue weighted by atomic mass is 16.5. The zero-order chi connectivity index (χ0) is 14.4. The third kappa shape index (κ3) is 4.15. The standard InChI is InChI=1S/C16H24N2O2/c1-12(14-7-9-15(20-2)10-8-14)18-16(19)17-11-13-5-3-4-6-13/h7-10,12-13H,3-6,11H2,1-2H3,(H2,17,18,19). The monoisotopic (exact) mass is 276 g/mol. The second-order valence-electron chi connectivity index (χ2n) is 5.50. The van der Waals surface area contributed by atoms with Crippen LogP contribution in [0, 0.1) is 5.92 Å². The van der Waals surface area contributed by atoms with E-state index >= 15 is 0 Å². The van der Waals surface area contributed by atoms with E-state index in [0.717, 1.165) is 17.9 Å². The molecular weight excluding hydrogens is 252 g/mol. The van der Waals surface area contributed by atoms with Gasteiger partial charge in [-0.25, -0.2) is 4.79 Å². The van der Waals surface area contributed by atoms with Gasteiger partial charge in [-0.05, 0) is 43.4 Å². The molecule has 0 saturated heterocycles. The van der Waals surface area contributed by atoms with Gasteiger partial charge < -0.3 is 15.4 Å². The van der Waals surface area contributed by atoms with Crippen LogP contribution in [0.25, 0.3) is 0 Å². The number of urea groups is 1. The van der Waals surface area contributed by atoms with Crippen molar-refractivity contribution in [2.45, 2.75) is 38.6 Å². The van der Waals surface area contributed by atoms with Gasteiger partial charge in [-0.1, -0.05) is 25.0 Å². The molecule has 0 spiro atoms. The topological polar surface area (TPSA) is 50.4 Å². The quantitative estimate of drug-likeness (QED) is 0.867. The fourth-order valence-electron chi connectivity index (χ4n) is 2.68. The van der Waals surface area contributed by atoms with Crippen molar-refractivity contribution >= 4 is 6.03 Å². The molecule has 0 radical (unpaired) electrons. The molecule has 0 aromatic heterocycles. The molecule has 0 heterocycles. The van der Waals surface area contributed by atoms with E-state index in [1.165, 1.54) is 25.7 Å². The summed E-state index contributed by atoms with van der Waals surface area (Å²) >= 11 is 0. The van der Waals surface area contributed by atoms with Crippen LogP contribution in [-0.4, -0.2) is 19.7 Å². The molecule has 1 aliphatic carbocycles. The summed E-state index contributed by atoms with van der Waals surface area (Å²) in [6, 6.07) is 7.67. The lowest BCUT2D eigenvalue weighted by Gasteiger charge is -2.17. The van der Waals surface area contributed by atoms with Crippen LogP contribution in [0.1, 0.15) is 44.2 Å². The lowest BCUT2D eigenvalue weighted by molar-refractivity contribution is 0.236. The van der Waals surface area contributed by atoms with Gasteiger partial charge in [0.1, 0.15) is 5.75 Å². The first-order chi connectivity index (χ1) is 9.69. The molecule has 1 fully saturated rings. The summed E-state index contributed by atoms with van der Waals surface area (Å²) < 4.78 is 5.13. The summed E-state index contributed by atoms with van der Waals surface area (Å²) in [4.78, 5) is 11.9. The van der Waals surface area contributed by atoms with Crippen LogP contribution in [0.2, 0.25) is 0 Å². The molecule has 1 aromatic rings. The van der Waals surface area contributed by atoms with E-state index in [4.69, 9.17) is 4.74 Å². The molecular formula is C16H24N2O2. The molecule has 1 aliphatic rings. The Morgan fingerprint density at radius 2 is 1.95 bits per heavy atom. The van der Waals surface area contributed by atoms with Gasteiger partial charge >= 0.3 is 6.03 Å². The van der Waals surface area contributed by atoms with Crippen LogP contribution in [0.4, 0.5) is 4.79 Å². The number of methoxy groups -OCH3 is 1. The minimum Gasteiger partial charge on any atom is -0.497 e. The summed E-state index contributed by atoms with van der Waals surface area (Å²) in [5.74, 6) is 1.49. The van der Waals surface area contributed by atoms with E-state index in [0.29, 0.717) is 5.92 Å². The van der Waals surface area contributed by atoms with Crippen molar-refractivity contribution in [3.05, 3.63) is 29.8 Å². The zero-order valence-corrected chi connectivity index (χ0v) is 12.3. The predicted octanol–water partition coefficient (Wildman–Crippen LogP) is 3.25. The molecule has 1 saturated carbocycles. The van der Waals surface area contributed by atoms with E-state index in [1.807, 2.05) is 31.2 Å².